The maximum absolute atomic E-state index is 11.4. The Morgan fingerprint density at radius 3 is 2.30 bits per heavy atom. The molecule has 118 valence electrons. The van der Waals surface area contributed by atoms with Crippen LogP contribution in [0.25, 0.3) is 0 Å². The first kappa shape index (κ1) is 18.7. The van der Waals surface area contributed by atoms with Gasteiger partial charge in [-0.15, -0.1) is 0 Å². The van der Waals surface area contributed by atoms with E-state index in [1.165, 1.54) is 0 Å². The number of alkyl carbamates (subject to hydrolysis) is 1. The number of nitrogens with two attached hydrogens (primary N) is 1. The molecule has 7 heteroatoms. The molecule has 0 aromatic carbocycles. The van der Waals surface area contributed by atoms with Gasteiger partial charge in [0, 0.05) is 19.6 Å². The molecule has 1 unspecified atom stereocenters. The predicted molar refractivity (Wildman–Crippen MR) is 78.4 cm³/mol. The van der Waals surface area contributed by atoms with Crippen LogP contribution in [0.5, 0.6) is 0 Å². The van der Waals surface area contributed by atoms with Gasteiger partial charge >= 0.3 is 6.09 Å². The van der Waals surface area contributed by atoms with Crippen LogP contribution in [0, 0.1) is 0 Å². The molecule has 0 radical (unpaired) electrons. The summed E-state index contributed by atoms with van der Waals surface area (Å²) in [5.41, 5.74) is 4.78. The van der Waals surface area contributed by atoms with Gasteiger partial charge in [0.2, 0.25) is 5.91 Å². The highest BCUT2D eigenvalue weighted by atomic mass is 16.6. The molecule has 0 saturated heterocycles. The Balaban J connectivity index is 3.97. The number of nitrogens with zero attached hydrogens (tertiary/aromatic N) is 1. The summed E-state index contributed by atoms with van der Waals surface area (Å²) in [5, 5.41) is 5.67. The Hall–Kier alpha value is -1.34. The highest BCUT2D eigenvalue weighted by molar-refractivity contribution is 5.79. The van der Waals surface area contributed by atoms with E-state index in [1.807, 2.05) is 19.0 Å². The molecule has 1 atom stereocenters. The highest BCUT2D eigenvalue weighted by Crippen LogP contribution is 2.06. The molecule has 0 aromatic heterocycles. The molecule has 0 aliphatic carbocycles. The molecule has 20 heavy (non-hydrogen) atoms. The first-order chi connectivity index (χ1) is 9.11. The smallest absolute Gasteiger partial charge is 0.407 e. The number of primary amides is 1. The van der Waals surface area contributed by atoms with Crippen LogP contribution in [-0.4, -0.2) is 62.3 Å². The Morgan fingerprint density at radius 1 is 1.25 bits per heavy atom. The van der Waals surface area contributed by atoms with E-state index in [0.717, 1.165) is 6.54 Å². The monoisotopic (exact) mass is 288 g/mol. The van der Waals surface area contributed by atoms with Crippen molar-refractivity contribution in [1.82, 2.24) is 15.5 Å². The van der Waals surface area contributed by atoms with Crippen LogP contribution in [0.15, 0.2) is 0 Å². The van der Waals surface area contributed by atoms with E-state index in [0.29, 0.717) is 19.5 Å². The van der Waals surface area contributed by atoms with Gasteiger partial charge in [-0.25, -0.2) is 4.79 Å². The van der Waals surface area contributed by atoms with Crippen LogP contribution >= 0.6 is 0 Å². The molecule has 7 nitrogen and oxygen atoms in total. The van der Waals surface area contributed by atoms with Gasteiger partial charge in [-0.2, -0.15) is 0 Å². The molecule has 0 aliphatic heterocycles. The number of carbonyl (C=O) groups is 2. The molecule has 0 rings (SSSR count). The molecule has 0 fully saturated rings. The van der Waals surface area contributed by atoms with E-state index in [1.54, 1.807) is 20.8 Å². The lowest BCUT2D eigenvalue weighted by Crippen LogP contribution is -2.45. The van der Waals surface area contributed by atoms with E-state index >= 15 is 0 Å². The zero-order chi connectivity index (χ0) is 15.8. The minimum atomic E-state index is -0.531. The van der Waals surface area contributed by atoms with Crippen molar-refractivity contribution in [3.63, 3.8) is 0 Å². The molecule has 4 N–H and O–H groups in total. The summed E-state index contributed by atoms with van der Waals surface area (Å²) in [6, 6.07) is -0.454. The van der Waals surface area contributed by atoms with Gasteiger partial charge < -0.3 is 26.0 Å². The molecule has 0 aliphatic rings. The van der Waals surface area contributed by atoms with E-state index in [9.17, 15) is 9.59 Å². The molecule has 0 heterocycles. The van der Waals surface area contributed by atoms with E-state index in [-0.39, 0.29) is 0 Å². The van der Waals surface area contributed by atoms with Crippen molar-refractivity contribution in [2.45, 2.75) is 38.8 Å². The molecule has 0 bridgehead atoms. The number of likely N-dealkylation sites (N-methyl/N-ethyl adjacent to an activating group) is 1. The van der Waals surface area contributed by atoms with E-state index < -0.39 is 23.6 Å². The summed E-state index contributed by atoms with van der Waals surface area (Å²) in [5.74, 6) is -0.422. The standard InChI is InChI=1S/C13H28N4O3/c1-13(2,3)20-12(19)16-7-6-10(11(14)18)15-8-9-17(4)5/h10,15H,6-9H2,1-5H3,(H2,14,18)(H,16,19). The van der Waals surface area contributed by atoms with Crippen molar-refractivity contribution < 1.29 is 14.3 Å². The van der Waals surface area contributed by atoms with Gasteiger partial charge in [0.05, 0.1) is 6.04 Å². The number of nitrogens with one attached hydrogen (secondary N) is 2. The molecule has 0 spiro atoms. The van der Waals surface area contributed by atoms with Gasteiger partial charge in [0.15, 0.2) is 0 Å². The maximum atomic E-state index is 11.4. The van der Waals surface area contributed by atoms with Gasteiger partial charge in [0.25, 0.3) is 0 Å². The average Bonchev–Trinajstić information content (AvgIpc) is 2.23. The third-order valence-corrected chi connectivity index (χ3v) is 2.39. The predicted octanol–water partition coefficient (Wildman–Crippen LogP) is -0.0937. The van der Waals surface area contributed by atoms with Gasteiger partial charge in [0.1, 0.15) is 5.60 Å². The average molecular weight is 288 g/mol. The topological polar surface area (TPSA) is 96.7 Å². The largest absolute Gasteiger partial charge is 0.444 e. The van der Waals surface area contributed by atoms with Crippen LogP contribution in [0.2, 0.25) is 0 Å². The number of hydrogen-bond acceptors (Lipinski definition) is 5. The first-order valence-corrected chi connectivity index (χ1v) is 6.76. The second-order valence-electron chi connectivity index (χ2n) is 5.93. The fourth-order valence-electron chi connectivity index (χ4n) is 1.44. The summed E-state index contributed by atoms with van der Waals surface area (Å²) in [6.07, 6.45) is -0.0591. The Labute approximate surface area is 121 Å². The van der Waals surface area contributed by atoms with E-state index in [2.05, 4.69) is 10.6 Å². The van der Waals surface area contributed by atoms with Crippen LogP contribution in [0.1, 0.15) is 27.2 Å². The number of carbonyl (C=O) groups excluding carboxylic acids is 2. The van der Waals surface area contributed by atoms with Crippen molar-refractivity contribution in [3.05, 3.63) is 0 Å². The van der Waals surface area contributed by atoms with Crippen LogP contribution < -0.4 is 16.4 Å². The molecular formula is C13H28N4O3. The first-order valence-electron chi connectivity index (χ1n) is 6.76. The van der Waals surface area contributed by atoms with Crippen molar-refractivity contribution >= 4 is 12.0 Å². The van der Waals surface area contributed by atoms with Crippen molar-refractivity contribution in [3.8, 4) is 0 Å². The molecule has 0 saturated carbocycles. The lowest BCUT2D eigenvalue weighted by atomic mass is 10.2. The summed E-state index contributed by atoms with van der Waals surface area (Å²) in [7, 11) is 3.90. The van der Waals surface area contributed by atoms with E-state index in [4.69, 9.17) is 10.5 Å². The summed E-state index contributed by atoms with van der Waals surface area (Å²) in [4.78, 5) is 24.7. The highest BCUT2D eigenvalue weighted by Gasteiger charge is 2.18. The van der Waals surface area contributed by atoms with Crippen molar-refractivity contribution in [2.75, 3.05) is 33.7 Å². The number of rotatable bonds is 8. The fourth-order valence-corrected chi connectivity index (χ4v) is 1.44. The second-order valence-corrected chi connectivity index (χ2v) is 5.93. The zero-order valence-corrected chi connectivity index (χ0v) is 13.2. The second kappa shape index (κ2) is 8.76. The van der Waals surface area contributed by atoms with Crippen LogP contribution in [0.3, 0.4) is 0 Å². The third-order valence-electron chi connectivity index (χ3n) is 2.39. The Bertz CT molecular complexity index is 313. The SMILES string of the molecule is CN(C)CCNC(CCNC(=O)OC(C)(C)C)C(N)=O. The Kier molecular flexibility index (Phi) is 8.17. The number of hydrogen-bond donors (Lipinski definition) is 3. The summed E-state index contributed by atoms with van der Waals surface area (Å²) >= 11 is 0. The lowest BCUT2D eigenvalue weighted by molar-refractivity contribution is -0.120. The van der Waals surface area contributed by atoms with Gasteiger partial charge in [-0.3, -0.25) is 4.79 Å². The summed E-state index contributed by atoms with van der Waals surface area (Å²) in [6.45, 7) is 7.18. The van der Waals surface area contributed by atoms with Crippen molar-refractivity contribution in [2.24, 2.45) is 5.73 Å². The van der Waals surface area contributed by atoms with Gasteiger partial charge in [-0.1, -0.05) is 0 Å². The van der Waals surface area contributed by atoms with Gasteiger partial charge in [-0.05, 0) is 41.3 Å². The quantitative estimate of drug-likeness (QED) is 0.580. The summed E-state index contributed by atoms with van der Waals surface area (Å²) < 4.78 is 5.10. The normalized spacial score (nSPS) is 13.1. The molecule has 2 amide bonds. The molecule has 0 aromatic rings. The minimum Gasteiger partial charge on any atom is -0.444 e. The lowest BCUT2D eigenvalue weighted by Gasteiger charge is -2.21. The van der Waals surface area contributed by atoms with Crippen LogP contribution in [-0.2, 0) is 9.53 Å². The van der Waals surface area contributed by atoms with Crippen LogP contribution in [0.4, 0.5) is 4.79 Å². The fraction of sp³-hybridized carbons (Fsp3) is 0.846. The molecular weight excluding hydrogens is 260 g/mol. The third kappa shape index (κ3) is 10.6. The number of ether oxygens (including phenoxy) is 1. The Morgan fingerprint density at radius 2 is 1.85 bits per heavy atom. The maximum Gasteiger partial charge on any atom is 0.407 e. The zero-order valence-electron chi connectivity index (χ0n) is 13.2. The number of amides is 2. The minimum absolute atomic E-state index is 0.331. The van der Waals surface area contributed by atoms with Crippen molar-refractivity contribution in [1.29, 1.82) is 0 Å².